The van der Waals surface area contributed by atoms with Crippen molar-refractivity contribution in [3.8, 4) is 0 Å². The summed E-state index contributed by atoms with van der Waals surface area (Å²) < 4.78 is 25.0. The Kier molecular flexibility index (Phi) is 4.95. The number of para-hydroxylation sites is 1. The van der Waals surface area contributed by atoms with Gasteiger partial charge in [0.1, 0.15) is 0 Å². The van der Waals surface area contributed by atoms with Gasteiger partial charge in [-0.1, -0.05) is 35.3 Å². The summed E-state index contributed by atoms with van der Waals surface area (Å²) in [6.07, 6.45) is 1.01. The normalized spacial score (nSPS) is 11.0. The average molecular weight is 359 g/mol. The summed E-state index contributed by atoms with van der Waals surface area (Å²) >= 11 is 11.8. The lowest BCUT2D eigenvalue weighted by atomic mass is 10.1. The molecule has 22 heavy (non-hydrogen) atoms. The minimum Gasteiger partial charge on any atom is -0.321 e. The molecule has 5 nitrogen and oxygen atoms in total. The van der Waals surface area contributed by atoms with Gasteiger partial charge in [-0.2, -0.15) is 0 Å². The third kappa shape index (κ3) is 4.37. The molecule has 8 heteroatoms. The van der Waals surface area contributed by atoms with Crippen molar-refractivity contribution >= 4 is 50.5 Å². The number of hydrogen-bond acceptors (Lipinski definition) is 3. The highest BCUT2D eigenvalue weighted by Gasteiger charge is 2.15. The van der Waals surface area contributed by atoms with Crippen molar-refractivity contribution in [1.29, 1.82) is 0 Å². The topological polar surface area (TPSA) is 75.3 Å². The first-order chi connectivity index (χ1) is 10.3. The van der Waals surface area contributed by atoms with Crippen molar-refractivity contribution < 1.29 is 13.2 Å². The van der Waals surface area contributed by atoms with Crippen molar-refractivity contribution in [3.05, 3.63) is 58.1 Å². The van der Waals surface area contributed by atoms with Crippen molar-refractivity contribution in [3.63, 3.8) is 0 Å². The summed E-state index contributed by atoms with van der Waals surface area (Å²) in [5.41, 5.74) is 0.747. The zero-order valence-corrected chi connectivity index (χ0v) is 13.8. The summed E-state index contributed by atoms with van der Waals surface area (Å²) in [6.45, 7) is 0. The Morgan fingerprint density at radius 2 is 1.73 bits per heavy atom. The smallest absolute Gasteiger partial charge is 0.257 e. The van der Waals surface area contributed by atoms with Gasteiger partial charge >= 0.3 is 0 Å². The van der Waals surface area contributed by atoms with Gasteiger partial charge in [0.2, 0.25) is 10.0 Å². The predicted molar refractivity (Wildman–Crippen MR) is 89.3 cm³/mol. The van der Waals surface area contributed by atoms with Crippen LogP contribution < -0.4 is 10.0 Å². The molecule has 0 bridgehead atoms. The highest BCUT2D eigenvalue weighted by atomic mass is 35.5. The molecular weight excluding hydrogens is 347 g/mol. The summed E-state index contributed by atoms with van der Waals surface area (Å²) in [5, 5.41) is 3.35. The predicted octanol–water partition coefficient (Wildman–Crippen LogP) is 3.62. The first kappa shape index (κ1) is 16.6. The van der Waals surface area contributed by atoms with E-state index < -0.39 is 15.9 Å². The van der Waals surface area contributed by atoms with Crippen molar-refractivity contribution in [2.24, 2.45) is 0 Å². The molecule has 2 aromatic rings. The molecular formula is C14H12Cl2N2O3S. The molecule has 0 radical (unpaired) electrons. The molecule has 2 rings (SSSR count). The van der Waals surface area contributed by atoms with Crippen LogP contribution in [0.1, 0.15) is 10.4 Å². The fraction of sp³-hybridized carbons (Fsp3) is 0.0714. The summed E-state index contributed by atoms with van der Waals surface area (Å²) in [4.78, 5) is 12.3. The fourth-order valence-corrected chi connectivity index (χ4v) is 2.78. The van der Waals surface area contributed by atoms with E-state index in [1.54, 1.807) is 24.3 Å². The fourth-order valence-electron chi connectivity index (χ4n) is 1.75. The van der Waals surface area contributed by atoms with Gasteiger partial charge in [0.15, 0.2) is 0 Å². The zero-order valence-electron chi connectivity index (χ0n) is 11.4. The Morgan fingerprint density at radius 3 is 2.36 bits per heavy atom. The molecule has 0 aromatic heterocycles. The number of benzene rings is 2. The Bertz CT molecular complexity index is 823. The number of sulfonamides is 1. The number of anilines is 2. The minimum atomic E-state index is -3.49. The number of amides is 1. The lowest BCUT2D eigenvalue weighted by molar-refractivity contribution is 0.102. The van der Waals surface area contributed by atoms with Gasteiger partial charge in [-0.15, -0.1) is 0 Å². The van der Waals surface area contributed by atoms with Gasteiger partial charge in [-0.05, 0) is 30.3 Å². The van der Waals surface area contributed by atoms with Crippen LogP contribution in [0.2, 0.25) is 10.0 Å². The van der Waals surface area contributed by atoms with Crippen LogP contribution in [0.5, 0.6) is 0 Å². The van der Waals surface area contributed by atoms with Crippen molar-refractivity contribution in [2.45, 2.75) is 0 Å². The van der Waals surface area contributed by atoms with E-state index in [9.17, 15) is 13.2 Å². The first-order valence-corrected chi connectivity index (χ1v) is 8.74. The molecule has 0 aliphatic carbocycles. The van der Waals surface area contributed by atoms with Crippen LogP contribution in [0, 0.1) is 0 Å². The molecule has 1 amide bonds. The summed E-state index contributed by atoms with van der Waals surface area (Å²) in [6, 6.07) is 10.9. The van der Waals surface area contributed by atoms with E-state index in [-0.39, 0.29) is 16.3 Å². The number of hydrogen-bond donors (Lipinski definition) is 2. The molecule has 0 saturated heterocycles. The third-order valence-electron chi connectivity index (χ3n) is 2.65. The average Bonchev–Trinajstić information content (AvgIpc) is 2.40. The SMILES string of the molecule is CS(=O)(=O)Nc1ccccc1C(=O)Nc1ccc(Cl)cc1Cl. The lowest BCUT2D eigenvalue weighted by Crippen LogP contribution is -2.17. The molecule has 116 valence electrons. The number of carbonyl (C=O) groups is 1. The van der Waals surface area contributed by atoms with Gasteiger partial charge in [-0.25, -0.2) is 8.42 Å². The standard InChI is InChI=1S/C14H12Cl2N2O3S/c1-22(20,21)18-12-5-3-2-4-10(12)14(19)17-13-7-6-9(15)8-11(13)16/h2-8,18H,1H3,(H,17,19). The Labute approximate surface area is 138 Å². The Morgan fingerprint density at radius 1 is 1.05 bits per heavy atom. The molecule has 0 fully saturated rings. The summed E-state index contributed by atoms with van der Waals surface area (Å²) in [7, 11) is -3.49. The second-order valence-corrected chi connectivity index (χ2v) is 7.09. The lowest BCUT2D eigenvalue weighted by Gasteiger charge is -2.12. The van der Waals surface area contributed by atoms with Crippen LogP contribution in [0.3, 0.4) is 0 Å². The third-order valence-corrected chi connectivity index (χ3v) is 3.78. The molecule has 0 aliphatic rings. The van der Waals surface area contributed by atoms with Gasteiger partial charge in [-0.3, -0.25) is 9.52 Å². The maximum atomic E-state index is 12.3. The number of halogens is 2. The largest absolute Gasteiger partial charge is 0.321 e. The highest BCUT2D eigenvalue weighted by molar-refractivity contribution is 7.92. The maximum absolute atomic E-state index is 12.3. The van der Waals surface area contributed by atoms with E-state index in [4.69, 9.17) is 23.2 Å². The van der Waals surface area contributed by atoms with Crippen molar-refractivity contribution in [1.82, 2.24) is 0 Å². The molecule has 2 aromatic carbocycles. The maximum Gasteiger partial charge on any atom is 0.257 e. The Balaban J connectivity index is 2.30. The van der Waals surface area contributed by atoms with Crippen LogP contribution in [0.4, 0.5) is 11.4 Å². The monoisotopic (exact) mass is 358 g/mol. The molecule has 0 spiro atoms. The van der Waals surface area contributed by atoms with Crippen LogP contribution in [0.15, 0.2) is 42.5 Å². The molecule has 0 atom stereocenters. The molecule has 0 unspecified atom stereocenters. The van der Waals surface area contributed by atoms with E-state index >= 15 is 0 Å². The zero-order chi connectivity index (χ0) is 16.3. The molecule has 0 aliphatic heterocycles. The number of nitrogens with one attached hydrogen (secondary N) is 2. The van der Waals surface area contributed by atoms with E-state index in [0.717, 1.165) is 6.26 Å². The van der Waals surface area contributed by atoms with Gasteiger partial charge in [0, 0.05) is 5.02 Å². The second-order valence-electron chi connectivity index (χ2n) is 4.50. The van der Waals surface area contributed by atoms with E-state index in [1.807, 2.05) is 0 Å². The highest BCUT2D eigenvalue weighted by Crippen LogP contribution is 2.26. The number of rotatable bonds is 4. The summed E-state index contributed by atoms with van der Waals surface area (Å²) in [5.74, 6) is -0.490. The van der Waals surface area contributed by atoms with E-state index in [1.165, 1.54) is 18.2 Å². The quantitative estimate of drug-likeness (QED) is 0.876. The van der Waals surface area contributed by atoms with Crippen LogP contribution in [-0.4, -0.2) is 20.6 Å². The second kappa shape index (κ2) is 6.56. The van der Waals surface area contributed by atoms with Gasteiger partial charge < -0.3 is 5.32 Å². The van der Waals surface area contributed by atoms with Crippen LogP contribution in [-0.2, 0) is 10.0 Å². The minimum absolute atomic E-state index is 0.180. The van der Waals surface area contributed by atoms with Crippen LogP contribution in [0.25, 0.3) is 0 Å². The van der Waals surface area contributed by atoms with Gasteiger partial charge in [0.25, 0.3) is 5.91 Å². The first-order valence-electron chi connectivity index (χ1n) is 6.09. The van der Waals surface area contributed by atoms with Crippen LogP contribution >= 0.6 is 23.2 Å². The number of carbonyl (C=O) groups excluding carboxylic acids is 1. The van der Waals surface area contributed by atoms with E-state index in [0.29, 0.717) is 10.7 Å². The molecule has 0 saturated carbocycles. The molecule has 2 N–H and O–H groups in total. The van der Waals surface area contributed by atoms with Gasteiger partial charge in [0.05, 0.1) is 28.2 Å². The van der Waals surface area contributed by atoms with E-state index in [2.05, 4.69) is 10.0 Å². The Hall–Kier alpha value is -1.76. The molecule has 0 heterocycles. The van der Waals surface area contributed by atoms with Crippen molar-refractivity contribution in [2.75, 3.05) is 16.3 Å².